The van der Waals surface area contributed by atoms with Crippen molar-refractivity contribution in [2.75, 3.05) is 25.0 Å². The summed E-state index contributed by atoms with van der Waals surface area (Å²) in [5, 5.41) is 34.6. The van der Waals surface area contributed by atoms with E-state index in [9.17, 15) is 48.3 Å². The molecule has 0 saturated heterocycles. The fourth-order valence-corrected chi connectivity index (χ4v) is 9.28. The fraction of sp³-hybridized carbons (Fsp3) is 0.523. The van der Waals surface area contributed by atoms with Crippen LogP contribution >= 0.6 is 0 Å². The summed E-state index contributed by atoms with van der Waals surface area (Å²) in [6.45, 7) is 6.10. The van der Waals surface area contributed by atoms with Crippen LogP contribution in [0.5, 0.6) is 11.5 Å². The van der Waals surface area contributed by atoms with Crippen molar-refractivity contribution in [3.63, 3.8) is 0 Å². The molecular weight excluding hydrogens is 861 g/mol. The van der Waals surface area contributed by atoms with Crippen LogP contribution in [0, 0.1) is 5.92 Å². The Bertz CT molecular complexity index is 2380. The quantitative estimate of drug-likeness (QED) is 0.150. The molecule has 9 bridgehead atoms. The van der Waals surface area contributed by atoms with Gasteiger partial charge < -0.3 is 68.2 Å². The molecule has 354 valence electrons. The van der Waals surface area contributed by atoms with Crippen LogP contribution in [0.4, 0.5) is 5.69 Å². The zero-order chi connectivity index (χ0) is 47.8. The van der Waals surface area contributed by atoms with Crippen LogP contribution < -0.4 is 63.1 Å². The molecule has 12 N–H and O–H groups in total. The van der Waals surface area contributed by atoms with Gasteiger partial charge >= 0.3 is 5.97 Å². The summed E-state index contributed by atoms with van der Waals surface area (Å²) in [4.78, 5) is 122. The Morgan fingerprint density at radius 1 is 0.833 bits per heavy atom. The Hall–Kier alpha value is -6.97. The zero-order valence-corrected chi connectivity index (χ0v) is 37.2. The Balaban J connectivity index is 1.46. The van der Waals surface area contributed by atoms with Gasteiger partial charge in [0.1, 0.15) is 41.3 Å². The number of rotatable bonds is 4. The van der Waals surface area contributed by atoms with E-state index in [0.29, 0.717) is 40.1 Å². The number of hydrogen-bond acceptors (Lipinski definition) is 13. The third-order valence-electron chi connectivity index (χ3n) is 12.9. The zero-order valence-electron chi connectivity index (χ0n) is 37.2. The number of aliphatic carboxylic acids is 1. The SMILES string of the molecule is CC[C@@]1(C)Oc2cccc3c2N[C@@H]2Oc4c5cc6cc4[C@]32C[C@H](NC(=O)[C@H](C)NC(=O)CNC(=O)[C@H](C6)NC(=O)[C@@H](NC(=O)C(C)N)C[C@@H](C)C5)C(=O)NCC(=O)NCC(=O)N[C@@H]1C(=O)O. The first-order valence-corrected chi connectivity index (χ1v) is 21.9. The molecule has 2 aromatic carbocycles. The number of carboxylic acid groups (broad SMARTS) is 1. The second-order valence-electron chi connectivity index (χ2n) is 18.0. The number of amides is 8. The molecule has 0 fully saturated rings. The summed E-state index contributed by atoms with van der Waals surface area (Å²) in [6.07, 6.45) is -0.884. The van der Waals surface area contributed by atoms with Crippen LogP contribution in [0.3, 0.4) is 0 Å². The van der Waals surface area contributed by atoms with E-state index in [4.69, 9.17) is 15.2 Å². The Morgan fingerprint density at radius 2 is 1.50 bits per heavy atom. The average Bonchev–Trinajstić information content (AvgIpc) is 3.74. The highest BCUT2D eigenvalue weighted by Gasteiger charge is 2.59. The van der Waals surface area contributed by atoms with Gasteiger partial charge in [-0.2, -0.15) is 0 Å². The van der Waals surface area contributed by atoms with E-state index in [-0.39, 0.29) is 37.4 Å². The summed E-state index contributed by atoms with van der Waals surface area (Å²) in [5.41, 5.74) is 5.50. The first-order valence-electron chi connectivity index (χ1n) is 21.9. The highest BCUT2D eigenvalue weighted by Crippen LogP contribution is 2.59. The van der Waals surface area contributed by atoms with E-state index in [1.54, 1.807) is 31.2 Å². The van der Waals surface area contributed by atoms with Gasteiger partial charge in [-0.1, -0.05) is 38.1 Å². The molecule has 1 unspecified atom stereocenters. The van der Waals surface area contributed by atoms with Crippen molar-refractivity contribution >= 4 is 58.9 Å². The van der Waals surface area contributed by atoms with E-state index in [1.165, 1.54) is 20.8 Å². The van der Waals surface area contributed by atoms with Gasteiger partial charge in [0.25, 0.3) is 0 Å². The van der Waals surface area contributed by atoms with E-state index in [1.807, 2.05) is 13.0 Å². The number of carbonyl (C=O) groups excluding carboxylic acids is 8. The second-order valence-corrected chi connectivity index (χ2v) is 18.0. The van der Waals surface area contributed by atoms with Crippen LogP contribution in [0.1, 0.15) is 76.1 Å². The minimum Gasteiger partial charge on any atom is -0.483 e. The normalized spacial score (nSPS) is 30.8. The van der Waals surface area contributed by atoms with Gasteiger partial charge in [0.2, 0.25) is 47.3 Å². The molecule has 2 aromatic rings. The summed E-state index contributed by atoms with van der Waals surface area (Å²) < 4.78 is 13.5. The van der Waals surface area contributed by atoms with Crippen LogP contribution in [0.2, 0.25) is 0 Å². The lowest BCUT2D eigenvalue weighted by Gasteiger charge is -2.36. The van der Waals surface area contributed by atoms with E-state index < -0.39 is 126 Å². The molecule has 5 heterocycles. The van der Waals surface area contributed by atoms with Crippen molar-refractivity contribution in [2.45, 2.75) is 120 Å². The van der Waals surface area contributed by atoms with Crippen molar-refractivity contribution in [3.8, 4) is 11.5 Å². The summed E-state index contributed by atoms with van der Waals surface area (Å²) in [7, 11) is 0. The number of nitrogens with one attached hydrogen (secondary N) is 9. The first-order chi connectivity index (χ1) is 31.2. The van der Waals surface area contributed by atoms with Crippen molar-refractivity contribution < 1.29 is 57.7 Å². The monoisotopic (exact) mass is 916 g/mol. The molecule has 22 nitrogen and oxygen atoms in total. The highest BCUT2D eigenvalue weighted by atomic mass is 16.5. The number of hydrogen-bond donors (Lipinski definition) is 11. The minimum atomic E-state index is -1.61. The van der Waals surface area contributed by atoms with Gasteiger partial charge in [0.05, 0.1) is 36.8 Å². The lowest BCUT2D eigenvalue weighted by Crippen LogP contribution is -2.59. The highest BCUT2D eigenvalue weighted by molar-refractivity contribution is 5.97. The molecule has 0 radical (unpaired) electrons. The predicted molar refractivity (Wildman–Crippen MR) is 232 cm³/mol. The fourth-order valence-electron chi connectivity index (χ4n) is 9.28. The van der Waals surface area contributed by atoms with Gasteiger partial charge in [-0.05, 0) is 75.1 Å². The molecule has 5 aliphatic rings. The molecule has 66 heavy (non-hydrogen) atoms. The average molecular weight is 917 g/mol. The van der Waals surface area contributed by atoms with E-state index in [0.717, 1.165) is 0 Å². The van der Waals surface area contributed by atoms with Gasteiger partial charge in [0, 0.05) is 12.0 Å². The number of carbonyl (C=O) groups is 9. The molecule has 7 rings (SSSR count). The molecule has 0 aliphatic carbocycles. The Kier molecular flexibility index (Phi) is 13.2. The Morgan fingerprint density at radius 3 is 2.20 bits per heavy atom. The summed E-state index contributed by atoms with van der Waals surface area (Å²) in [5.74, 6) is -7.07. The number of fused-ring (bicyclic) bond motifs is 4. The maximum absolute atomic E-state index is 14.4. The van der Waals surface area contributed by atoms with Crippen molar-refractivity contribution in [3.05, 3.63) is 52.6 Å². The van der Waals surface area contributed by atoms with Gasteiger partial charge in [-0.3, -0.25) is 38.4 Å². The van der Waals surface area contributed by atoms with Crippen LogP contribution in [-0.4, -0.2) is 126 Å². The second kappa shape index (κ2) is 18.5. The molecule has 8 amide bonds. The number of carboxylic acids is 1. The van der Waals surface area contributed by atoms with Crippen molar-refractivity contribution in [1.82, 2.24) is 42.5 Å². The summed E-state index contributed by atoms with van der Waals surface area (Å²) >= 11 is 0. The van der Waals surface area contributed by atoms with Crippen LogP contribution in [-0.2, 0) is 61.4 Å². The van der Waals surface area contributed by atoms with Gasteiger partial charge in [0.15, 0.2) is 12.3 Å². The Labute approximate surface area is 379 Å². The summed E-state index contributed by atoms with van der Waals surface area (Å²) in [6, 6.07) is 1.08. The lowest BCUT2D eigenvalue weighted by molar-refractivity contribution is -0.148. The van der Waals surface area contributed by atoms with Gasteiger partial charge in [-0.15, -0.1) is 0 Å². The third kappa shape index (κ3) is 9.26. The van der Waals surface area contributed by atoms with Gasteiger partial charge in [-0.25, -0.2) is 4.79 Å². The maximum Gasteiger partial charge on any atom is 0.330 e. The number of para-hydroxylation sites is 1. The number of anilines is 1. The number of benzene rings is 2. The molecule has 10 atom stereocenters. The standard InChI is InChI=1S/C44H56N10O12/c1-6-43(5)35(41(63)64)53-32(57)17-46-30(55)16-47-39(61)28-15-44-24-8-7-9-29(66-43)33(24)54-42(44)65-34-23-10-19(2)11-26(50-36(58)20(3)45)40(62)51-27(14-22(12-23)13-25(34)44)38(60)48-18-31(56)49-21(4)37(59)52-28/h7-9,12-13,19-21,26-28,35,42,54H,6,10-11,14-18,45H2,1-5H3,(H,46,55)(H,47,61)(H,48,60)(H,49,56)(H,50,58)(H,51,62)(H,52,59)(H,53,57)(H,63,64)/t19-,20?,21-,26-,27-,28-,35+,42+,43+,44-/m0/s1. The molecule has 5 aliphatic heterocycles. The van der Waals surface area contributed by atoms with E-state index >= 15 is 0 Å². The van der Waals surface area contributed by atoms with Crippen LogP contribution in [0.15, 0.2) is 30.3 Å². The largest absolute Gasteiger partial charge is 0.483 e. The van der Waals surface area contributed by atoms with Crippen molar-refractivity contribution in [2.24, 2.45) is 11.7 Å². The lowest BCUT2D eigenvalue weighted by atomic mass is 9.70. The predicted octanol–water partition coefficient (Wildman–Crippen LogP) is -2.57. The van der Waals surface area contributed by atoms with E-state index in [2.05, 4.69) is 47.9 Å². The third-order valence-corrected chi connectivity index (χ3v) is 12.9. The molecule has 22 heteroatoms. The van der Waals surface area contributed by atoms with Crippen molar-refractivity contribution in [1.29, 1.82) is 0 Å². The number of nitrogens with two attached hydrogens (primary N) is 1. The maximum atomic E-state index is 14.4. The molecule has 1 spiro atoms. The molecule has 0 aromatic heterocycles. The molecular formula is C44H56N10O12. The smallest absolute Gasteiger partial charge is 0.330 e. The number of ether oxygens (including phenoxy) is 2. The van der Waals surface area contributed by atoms with Crippen LogP contribution in [0.25, 0.3) is 0 Å². The molecule has 0 saturated carbocycles. The topological polar surface area (TPSA) is 327 Å². The minimum absolute atomic E-state index is 0.0847. The first kappa shape index (κ1) is 47.0.